The monoisotopic (exact) mass is 381 g/mol. The summed E-state index contributed by atoms with van der Waals surface area (Å²) in [7, 11) is 0. The summed E-state index contributed by atoms with van der Waals surface area (Å²) in [6.07, 6.45) is 3.93. The number of carbonyl (C=O) groups is 2. The second-order valence-corrected chi connectivity index (χ2v) is 7.20. The molecule has 1 amide bonds. The Morgan fingerprint density at radius 3 is 2.39 bits per heavy atom. The number of anilines is 1. The fraction of sp³-hybridized carbons (Fsp3) is 0.364. The first kappa shape index (κ1) is 19.9. The van der Waals surface area contributed by atoms with E-state index in [1.807, 2.05) is 12.1 Å². The molecule has 1 aliphatic heterocycles. The van der Waals surface area contributed by atoms with Crippen molar-refractivity contribution in [3.05, 3.63) is 65.2 Å². The largest absolute Gasteiger partial charge is 0.480 e. The maximum atomic E-state index is 12.5. The number of nitrogens with zero attached hydrogens (tertiary/aromatic N) is 1. The van der Waals surface area contributed by atoms with Crippen molar-refractivity contribution in [3.8, 4) is 0 Å². The van der Waals surface area contributed by atoms with Crippen LogP contribution in [0.2, 0.25) is 0 Å². The Morgan fingerprint density at radius 1 is 1.04 bits per heavy atom. The van der Waals surface area contributed by atoms with Gasteiger partial charge in [-0.15, -0.1) is 0 Å². The van der Waals surface area contributed by atoms with Gasteiger partial charge in [0.2, 0.25) is 0 Å². The quantitative estimate of drug-likeness (QED) is 0.685. The number of carboxylic acid groups (broad SMARTS) is 1. The van der Waals surface area contributed by atoms with Gasteiger partial charge in [-0.05, 0) is 55.0 Å². The van der Waals surface area contributed by atoms with Gasteiger partial charge < -0.3 is 21.1 Å². The fourth-order valence-corrected chi connectivity index (χ4v) is 3.51. The number of piperidine rings is 1. The standard InChI is InChI=1S/C22H27N3O3/c23-19(22(27)28)14-16-8-10-17(11-9-16)21(26)24-15-18-6-2-3-7-20(18)25-12-4-1-5-13-25/h2-3,6-11,19H,1,4-5,12-15,23H2,(H,24,26)(H,27,28)/t19-/m0/s1. The molecule has 2 aromatic carbocycles. The van der Waals surface area contributed by atoms with Gasteiger partial charge in [0, 0.05) is 30.9 Å². The number of amides is 1. The van der Waals surface area contributed by atoms with Gasteiger partial charge in [-0.1, -0.05) is 30.3 Å². The van der Waals surface area contributed by atoms with Gasteiger partial charge in [-0.3, -0.25) is 9.59 Å². The number of hydrogen-bond acceptors (Lipinski definition) is 4. The summed E-state index contributed by atoms with van der Waals surface area (Å²) in [6, 6.07) is 14.2. The topological polar surface area (TPSA) is 95.7 Å². The summed E-state index contributed by atoms with van der Waals surface area (Å²) >= 11 is 0. The molecule has 1 aliphatic rings. The number of hydrogen-bond donors (Lipinski definition) is 3. The first-order chi connectivity index (χ1) is 13.5. The molecule has 1 fully saturated rings. The Bertz CT molecular complexity index is 814. The summed E-state index contributed by atoms with van der Waals surface area (Å²) < 4.78 is 0. The molecule has 28 heavy (non-hydrogen) atoms. The zero-order valence-corrected chi connectivity index (χ0v) is 15.9. The van der Waals surface area contributed by atoms with Crippen molar-refractivity contribution in [1.82, 2.24) is 5.32 Å². The van der Waals surface area contributed by atoms with Crippen molar-refractivity contribution < 1.29 is 14.7 Å². The second kappa shape index (κ2) is 9.37. The molecule has 0 unspecified atom stereocenters. The van der Waals surface area contributed by atoms with Crippen LogP contribution in [0.1, 0.15) is 40.7 Å². The molecule has 2 aromatic rings. The third kappa shape index (κ3) is 5.10. The first-order valence-corrected chi connectivity index (χ1v) is 9.73. The highest BCUT2D eigenvalue weighted by Gasteiger charge is 2.15. The molecule has 1 saturated heterocycles. The van der Waals surface area contributed by atoms with E-state index >= 15 is 0 Å². The first-order valence-electron chi connectivity index (χ1n) is 9.73. The molecule has 0 spiro atoms. The zero-order chi connectivity index (χ0) is 19.9. The van der Waals surface area contributed by atoms with E-state index in [1.54, 1.807) is 24.3 Å². The fourth-order valence-electron chi connectivity index (χ4n) is 3.51. The average molecular weight is 381 g/mol. The highest BCUT2D eigenvalue weighted by molar-refractivity contribution is 5.94. The van der Waals surface area contributed by atoms with E-state index in [-0.39, 0.29) is 12.3 Å². The highest BCUT2D eigenvalue weighted by Crippen LogP contribution is 2.24. The van der Waals surface area contributed by atoms with Crippen molar-refractivity contribution in [2.75, 3.05) is 18.0 Å². The molecule has 0 saturated carbocycles. The molecule has 0 radical (unpaired) electrons. The number of rotatable bonds is 7. The molecular formula is C22H27N3O3. The molecular weight excluding hydrogens is 354 g/mol. The SMILES string of the molecule is N[C@@H](Cc1ccc(C(=O)NCc2ccccc2N2CCCCC2)cc1)C(=O)O. The van der Waals surface area contributed by atoms with E-state index in [9.17, 15) is 9.59 Å². The van der Waals surface area contributed by atoms with Gasteiger partial charge in [0.15, 0.2) is 0 Å². The van der Waals surface area contributed by atoms with Crippen molar-refractivity contribution in [3.63, 3.8) is 0 Å². The van der Waals surface area contributed by atoms with Gasteiger partial charge in [0.25, 0.3) is 5.91 Å². The molecule has 1 atom stereocenters. The van der Waals surface area contributed by atoms with Crippen LogP contribution in [0.15, 0.2) is 48.5 Å². The van der Waals surface area contributed by atoms with Crippen LogP contribution in [0.25, 0.3) is 0 Å². The maximum Gasteiger partial charge on any atom is 0.320 e. The minimum atomic E-state index is -1.03. The van der Waals surface area contributed by atoms with Crippen LogP contribution in [0, 0.1) is 0 Å². The predicted octanol–water partition coefficient (Wildman–Crippen LogP) is 2.56. The summed E-state index contributed by atoms with van der Waals surface area (Å²) in [5, 5.41) is 11.9. The van der Waals surface area contributed by atoms with E-state index in [1.165, 1.54) is 24.9 Å². The lowest BCUT2D eigenvalue weighted by Gasteiger charge is -2.30. The van der Waals surface area contributed by atoms with E-state index in [4.69, 9.17) is 10.8 Å². The number of nitrogens with two attached hydrogens (primary N) is 1. The lowest BCUT2D eigenvalue weighted by Crippen LogP contribution is -2.32. The summed E-state index contributed by atoms with van der Waals surface area (Å²) in [6.45, 7) is 2.59. The molecule has 0 bridgehead atoms. The molecule has 0 aromatic heterocycles. The summed E-state index contributed by atoms with van der Waals surface area (Å²) in [5.41, 5.74) is 9.20. The normalized spacial score (nSPS) is 15.1. The Balaban J connectivity index is 1.61. The van der Waals surface area contributed by atoms with Gasteiger partial charge in [-0.25, -0.2) is 0 Å². The predicted molar refractivity (Wildman–Crippen MR) is 109 cm³/mol. The number of benzene rings is 2. The van der Waals surface area contributed by atoms with Gasteiger partial charge in [0.05, 0.1) is 0 Å². The smallest absolute Gasteiger partial charge is 0.320 e. The Hall–Kier alpha value is -2.86. The van der Waals surface area contributed by atoms with Crippen molar-refractivity contribution in [1.29, 1.82) is 0 Å². The number of para-hydroxylation sites is 1. The van der Waals surface area contributed by atoms with Crippen molar-refractivity contribution in [2.45, 2.75) is 38.3 Å². The lowest BCUT2D eigenvalue weighted by atomic mass is 10.0. The van der Waals surface area contributed by atoms with Crippen molar-refractivity contribution >= 4 is 17.6 Å². The van der Waals surface area contributed by atoms with Gasteiger partial charge in [0.1, 0.15) is 6.04 Å². The van der Waals surface area contributed by atoms with E-state index < -0.39 is 12.0 Å². The molecule has 0 aliphatic carbocycles. The van der Waals surface area contributed by atoms with Crippen LogP contribution in [-0.2, 0) is 17.8 Å². The molecule has 4 N–H and O–H groups in total. The van der Waals surface area contributed by atoms with Gasteiger partial charge in [-0.2, -0.15) is 0 Å². The average Bonchev–Trinajstić information content (AvgIpc) is 2.73. The molecule has 6 nitrogen and oxygen atoms in total. The highest BCUT2D eigenvalue weighted by atomic mass is 16.4. The third-order valence-corrected chi connectivity index (χ3v) is 5.12. The minimum absolute atomic E-state index is 0.150. The lowest BCUT2D eigenvalue weighted by molar-refractivity contribution is -0.138. The van der Waals surface area contributed by atoms with E-state index in [2.05, 4.69) is 22.3 Å². The molecule has 148 valence electrons. The van der Waals surface area contributed by atoms with Crippen LogP contribution < -0.4 is 16.0 Å². The zero-order valence-electron chi connectivity index (χ0n) is 15.9. The Kier molecular flexibility index (Phi) is 6.66. The summed E-state index contributed by atoms with van der Waals surface area (Å²) in [5.74, 6) is -1.18. The number of aliphatic carboxylic acids is 1. The minimum Gasteiger partial charge on any atom is -0.480 e. The molecule has 6 heteroatoms. The number of nitrogens with one attached hydrogen (secondary N) is 1. The third-order valence-electron chi connectivity index (χ3n) is 5.12. The number of carboxylic acids is 1. The van der Waals surface area contributed by atoms with Crippen LogP contribution in [0.5, 0.6) is 0 Å². The second-order valence-electron chi connectivity index (χ2n) is 7.20. The van der Waals surface area contributed by atoms with E-state index in [0.717, 1.165) is 24.2 Å². The summed E-state index contributed by atoms with van der Waals surface area (Å²) in [4.78, 5) is 25.7. The molecule has 3 rings (SSSR count). The Labute approximate surface area is 165 Å². The van der Waals surface area contributed by atoms with Gasteiger partial charge >= 0.3 is 5.97 Å². The van der Waals surface area contributed by atoms with Crippen LogP contribution in [0.3, 0.4) is 0 Å². The van der Waals surface area contributed by atoms with Crippen LogP contribution >= 0.6 is 0 Å². The maximum absolute atomic E-state index is 12.5. The van der Waals surface area contributed by atoms with Crippen LogP contribution in [-0.4, -0.2) is 36.1 Å². The van der Waals surface area contributed by atoms with E-state index in [0.29, 0.717) is 12.1 Å². The van der Waals surface area contributed by atoms with Crippen molar-refractivity contribution in [2.24, 2.45) is 5.73 Å². The van der Waals surface area contributed by atoms with Crippen LogP contribution in [0.4, 0.5) is 5.69 Å². The number of carbonyl (C=O) groups excluding carboxylic acids is 1. The molecule has 1 heterocycles. The Morgan fingerprint density at radius 2 is 1.71 bits per heavy atom.